The highest BCUT2D eigenvalue weighted by Crippen LogP contribution is 2.50. The van der Waals surface area contributed by atoms with Crippen molar-refractivity contribution in [2.45, 2.75) is 18.4 Å². The highest BCUT2D eigenvalue weighted by atomic mass is 16.4. The summed E-state index contributed by atoms with van der Waals surface area (Å²) in [5.74, 6) is 0.736. The number of carbonyl (C=O) groups is 1. The molecular weight excluding hydrogens is 276 g/mol. The Morgan fingerprint density at radius 1 is 1.09 bits per heavy atom. The highest BCUT2D eigenvalue weighted by molar-refractivity contribution is 6.01. The lowest BCUT2D eigenvalue weighted by Gasteiger charge is -2.29. The van der Waals surface area contributed by atoms with E-state index in [-0.39, 0.29) is 5.91 Å². The average molecular weight is 290 g/mol. The van der Waals surface area contributed by atoms with Gasteiger partial charge in [-0.25, -0.2) is 4.98 Å². The number of hydrogen-bond donors (Lipinski definition) is 0. The summed E-state index contributed by atoms with van der Waals surface area (Å²) < 4.78 is 6.06. The van der Waals surface area contributed by atoms with Crippen LogP contribution >= 0.6 is 0 Å². The predicted octanol–water partition coefficient (Wildman–Crippen LogP) is 3.32. The van der Waals surface area contributed by atoms with Crippen LogP contribution in [0.4, 0.5) is 0 Å². The first-order valence-electron chi connectivity index (χ1n) is 7.58. The number of oxazole rings is 1. The maximum absolute atomic E-state index is 12.7. The molecule has 22 heavy (non-hydrogen) atoms. The second-order valence-electron chi connectivity index (χ2n) is 5.95. The smallest absolute Gasteiger partial charge is 0.255 e. The SMILES string of the molecule is O=C1c2ccccc2C2(c3nc4ccccc4o3)CCCN12. The van der Waals surface area contributed by atoms with Gasteiger partial charge in [-0.05, 0) is 36.6 Å². The van der Waals surface area contributed by atoms with Crippen LogP contribution < -0.4 is 0 Å². The van der Waals surface area contributed by atoms with Gasteiger partial charge in [-0.2, -0.15) is 0 Å². The number of rotatable bonds is 1. The molecule has 2 aliphatic rings. The molecule has 1 fully saturated rings. The zero-order valence-corrected chi connectivity index (χ0v) is 12.0. The van der Waals surface area contributed by atoms with Gasteiger partial charge in [0.15, 0.2) is 5.58 Å². The molecule has 0 saturated carbocycles. The van der Waals surface area contributed by atoms with Crippen LogP contribution in [-0.2, 0) is 5.54 Å². The molecule has 1 saturated heterocycles. The van der Waals surface area contributed by atoms with Gasteiger partial charge in [-0.3, -0.25) is 4.79 Å². The van der Waals surface area contributed by atoms with Crippen molar-refractivity contribution in [1.82, 2.24) is 9.88 Å². The van der Waals surface area contributed by atoms with E-state index in [2.05, 4.69) is 0 Å². The van der Waals surface area contributed by atoms with Crippen molar-refractivity contribution in [3.8, 4) is 0 Å². The summed E-state index contributed by atoms with van der Waals surface area (Å²) in [6.45, 7) is 0.756. The molecule has 4 heteroatoms. The van der Waals surface area contributed by atoms with Crippen molar-refractivity contribution in [2.75, 3.05) is 6.54 Å². The fourth-order valence-electron chi connectivity index (χ4n) is 3.94. The van der Waals surface area contributed by atoms with Crippen LogP contribution in [-0.4, -0.2) is 22.3 Å². The third kappa shape index (κ3) is 1.28. The van der Waals surface area contributed by atoms with Gasteiger partial charge >= 0.3 is 0 Å². The summed E-state index contributed by atoms with van der Waals surface area (Å²) >= 11 is 0. The molecule has 1 unspecified atom stereocenters. The maximum Gasteiger partial charge on any atom is 0.255 e. The van der Waals surface area contributed by atoms with Gasteiger partial charge in [-0.15, -0.1) is 0 Å². The van der Waals surface area contributed by atoms with Crippen LogP contribution in [0.3, 0.4) is 0 Å². The Hall–Kier alpha value is -2.62. The van der Waals surface area contributed by atoms with Gasteiger partial charge in [0.05, 0.1) is 0 Å². The lowest BCUT2D eigenvalue weighted by Crippen LogP contribution is -2.39. The topological polar surface area (TPSA) is 46.3 Å². The second kappa shape index (κ2) is 3.97. The van der Waals surface area contributed by atoms with Crippen molar-refractivity contribution < 1.29 is 9.21 Å². The summed E-state index contributed by atoms with van der Waals surface area (Å²) in [5, 5.41) is 0. The molecule has 2 aromatic carbocycles. The molecule has 5 rings (SSSR count). The zero-order valence-electron chi connectivity index (χ0n) is 12.0. The number of fused-ring (bicyclic) bond motifs is 4. The molecule has 0 radical (unpaired) electrons. The molecule has 1 amide bonds. The quantitative estimate of drug-likeness (QED) is 0.690. The van der Waals surface area contributed by atoms with Crippen molar-refractivity contribution >= 4 is 17.0 Å². The predicted molar refractivity (Wildman–Crippen MR) is 81.5 cm³/mol. The Bertz CT molecular complexity index is 881. The lowest BCUT2D eigenvalue weighted by molar-refractivity contribution is 0.0679. The first-order chi connectivity index (χ1) is 10.8. The second-order valence-corrected chi connectivity index (χ2v) is 5.95. The monoisotopic (exact) mass is 290 g/mol. The van der Waals surface area contributed by atoms with Crippen LogP contribution in [0, 0.1) is 0 Å². The zero-order chi connectivity index (χ0) is 14.7. The van der Waals surface area contributed by atoms with Gasteiger partial charge in [0.2, 0.25) is 5.89 Å². The van der Waals surface area contributed by atoms with E-state index in [1.807, 2.05) is 53.4 Å². The van der Waals surface area contributed by atoms with E-state index in [0.29, 0.717) is 5.89 Å². The van der Waals surface area contributed by atoms with E-state index in [0.717, 1.165) is 41.6 Å². The fraction of sp³-hybridized carbons (Fsp3) is 0.222. The van der Waals surface area contributed by atoms with Crippen molar-refractivity contribution in [1.29, 1.82) is 0 Å². The molecule has 108 valence electrons. The van der Waals surface area contributed by atoms with E-state index in [1.165, 1.54) is 0 Å². The van der Waals surface area contributed by atoms with Gasteiger partial charge in [0.1, 0.15) is 11.1 Å². The Balaban J connectivity index is 1.82. The van der Waals surface area contributed by atoms with Crippen molar-refractivity contribution in [3.63, 3.8) is 0 Å². The molecule has 4 nitrogen and oxygen atoms in total. The van der Waals surface area contributed by atoms with E-state index >= 15 is 0 Å². The molecular formula is C18H14N2O2. The number of nitrogens with zero attached hydrogens (tertiary/aromatic N) is 2. The molecule has 0 bridgehead atoms. The number of aromatic nitrogens is 1. The molecule has 1 aromatic heterocycles. The number of hydrogen-bond acceptors (Lipinski definition) is 3. The third-order valence-electron chi connectivity index (χ3n) is 4.88. The Kier molecular flexibility index (Phi) is 2.16. The lowest BCUT2D eigenvalue weighted by atomic mass is 9.88. The van der Waals surface area contributed by atoms with Gasteiger partial charge in [0.25, 0.3) is 5.91 Å². The summed E-state index contributed by atoms with van der Waals surface area (Å²) in [6.07, 6.45) is 1.83. The van der Waals surface area contributed by atoms with Crippen LogP contribution in [0.2, 0.25) is 0 Å². The number of carbonyl (C=O) groups excluding carboxylic acids is 1. The minimum Gasteiger partial charge on any atom is -0.438 e. The van der Waals surface area contributed by atoms with Crippen LogP contribution in [0.25, 0.3) is 11.1 Å². The number of para-hydroxylation sites is 2. The Labute approximate surface area is 127 Å². The molecule has 3 aromatic rings. The minimum absolute atomic E-state index is 0.0929. The molecule has 0 spiro atoms. The van der Waals surface area contributed by atoms with Crippen molar-refractivity contribution in [3.05, 3.63) is 65.5 Å². The van der Waals surface area contributed by atoms with Gasteiger partial charge in [-0.1, -0.05) is 30.3 Å². The van der Waals surface area contributed by atoms with E-state index in [1.54, 1.807) is 0 Å². The average Bonchev–Trinajstić information content (AvgIpc) is 3.22. The highest BCUT2D eigenvalue weighted by Gasteiger charge is 2.56. The van der Waals surface area contributed by atoms with E-state index in [4.69, 9.17) is 9.40 Å². The Morgan fingerprint density at radius 3 is 2.82 bits per heavy atom. The number of benzene rings is 2. The van der Waals surface area contributed by atoms with Crippen LogP contribution in [0.15, 0.2) is 52.9 Å². The summed E-state index contributed by atoms with van der Waals surface area (Å²) in [5.41, 5.74) is 2.91. The van der Waals surface area contributed by atoms with Crippen molar-refractivity contribution in [2.24, 2.45) is 0 Å². The Morgan fingerprint density at radius 2 is 1.91 bits per heavy atom. The molecule has 3 heterocycles. The fourth-order valence-corrected chi connectivity index (χ4v) is 3.94. The van der Waals surface area contributed by atoms with Gasteiger partial charge < -0.3 is 9.32 Å². The van der Waals surface area contributed by atoms with E-state index < -0.39 is 5.54 Å². The summed E-state index contributed by atoms with van der Waals surface area (Å²) in [4.78, 5) is 19.4. The van der Waals surface area contributed by atoms with Crippen LogP contribution in [0.5, 0.6) is 0 Å². The van der Waals surface area contributed by atoms with Crippen LogP contribution in [0.1, 0.15) is 34.7 Å². The first-order valence-corrected chi connectivity index (χ1v) is 7.58. The molecule has 1 atom stereocenters. The summed E-state index contributed by atoms with van der Waals surface area (Å²) in [6, 6.07) is 15.6. The standard InChI is InChI=1S/C18H14N2O2/c21-16-12-6-1-2-7-13(12)18(10-5-11-20(16)18)17-19-14-8-3-4-9-15(14)22-17/h1-4,6-9H,5,10-11H2. The maximum atomic E-state index is 12.7. The third-order valence-corrected chi connectivity index (χ3v) is 4.88. The molecule has 0 N–H and O–H groups in total. The van der Waals surface area contributed by atoms with E-state index in [9.17, 15) is 4.79 Å². The summed E-state index contributed by atoms with van der Waals surface area (Å²) in [7, 11) is 0. The normalized spacial score (nSPS) is 23.1. The molecule has 0 aliphatic carbocycles. The molecule has 2 aliphatic heterocycles. The minimum atomic E-state index is -0.521. The van der Waals surface area contributed by atoms with Gasteiger partial charge in [0, 0.05) is 12.1 Å². The largest absolute Gasteiger partial charge is 0.438 e. The number of amides is 1. The first kappa shape index (κ1) is 12.0.